The first-order valence-electron chi connectivity index (χ1n) is 11.6. The molecule has 6 N–H and O–H groups in total. The van der Waals surface area contributed by atoms with Crippen LogP contribution in [0.3, 0.4) is 0 Å². The minimum absolute atomic E-state index is 0.0484. The van der Waals surface area contributed by atoms with Crippen LogP contribution < -0.4 is 5.32 Å². The number of carbonyl (C=O) groups excluding carboxylic acids is 1. The zero-order chi connectivity index (χ0) is 26.1. The Morgan fingerprint density at radius 1 is 0.971 bits per heavy atom. The van der Waals surface area contributed by atoms with Crippen LogP contribution in [-0.2, 0) is 38.0 Å². The van der Waals surface area contributed by atoms with Crippen molar-refractivity contribution in [2.45, 2.75) is 56.4 Å². The molecule has 0 spiro atoms. The van der Waals surface area contributed by atoms with Crippen LogP contribution in [0.15, 0.2) is 0 Å². The van der Waals surface area contributed by atoms with Crippen molar-refractivity contribution >= 4 is 5.91 Å². The van der Waals surface area contributed by atoms with Crippen molar-refractivity contribution in [3.63, 3.8) is 0 Å². The average molecular weight is 516 g/mol. The summed E-state index contributed by atoms with van der Waals surface area (Å²) in [5.74, 6) is -0.320. The van der Waals surface area contributed by atoms with Gasteiger partial charge in [-0.15, -0.1) is 0 Å². The quantitative estimate of drug-likeness (QED) is 0.0699. The second kappa shape index (κ2) is 19.1. The predicted octanol–water partition coefficient (Wildman–Crippen LogP) is -3.27. The molecule has 7 atom stereocenters. The standard InChI is InChI=1S/C21H41NO13/c1-3-14(10-23)34-17(29-2)13-32-12-16(25)22-4-5-30-6-7-31-8-9-33-21-20(28)19(27)18(26)15(11-24)35-21/h14-15,17-21,23-24,26-28H,3-13H2,1-2H3,(H,22,25). The zero-order valence-corrected chi connectivity index (χ0v) is 20.3. The summed E-state index contributed by atoms with van der Waals surface area (Å²) in [6.45, 7) is 2.41. The number of aliphatic hydroxyl groups is 5. The Hall–Kier alpha value is -1.01. The summed E-state index contributed by atoms with van der Waals surface area (Å²) in [5, 5.41) is 50.2. The Kier molecular flexibility index (Phi) is 17.5. The lowest BCUT2D eigenvalue weighted by Crippen LogP contribution is -2.59. The van der Waals surface area contributed by atoms with Gasteiger partial charge in [0.25, 0.3) is 0 Å². The van der Waals surface area contributed by atoms with Crippen LogP contribution in [-0.4, -0.2) is 148 Å². The molecule has 35 heavy (non-hydrogen) atoms. The first-order valence-corrected chi connectivity index (χ1v) is 11.6. The van der Waals surface area contributed by atoms with E-state index in [1.165, 1.54) is 7.11 Å². The van der Waals surface area contributed by atoms with E-state index in [0.29, 0.717) is 6.42 Å². The highest BCUT2D eigenvalue weighted by atomic mass is 16.7. The highest BCUT2D eigenvalue weighted by Gasteiger charge is 2.43. The maximum atomic E-state index is 11.8. The minimum atomic E-state index is -1.49. The average Bonchev–Trinajstić information content (AvgIpc) is 2.86. The van der Waals surface area contributed by atoms with Gasteiger partial charge in [0.1, 0.15) is 31.0 Å². The number of carbonyl (C=O) groups is 1. The molecule has 0 bridgehead atoms. The molecule has 14 nitrogen and oxygen atoms in total. The van der Waals surface area contributed by atoms with Crippen molar-refractivity contribution in [2.24, 2.45) is 0 Å². The van der Waals surface area contributed by atoms with Gasteiger partial charge in [-0.2, -0.15) is 0 Å². The molecule has 1 rings (SSSR count). The second-order valence-corrected chi connectivity index (χ2v) is 7.67. The van der Waals surface area contributed by atoms with E-state index in [1.807, 2.05) is 6.92 Å². The van der Waals surface area contributed by atoms with Crippen molar-refractivity contribution in [3.8, 4) is 0 Å². The van der Waals surface area contributed by atoms with Gasteiger partial charge < -0.3 is 64.0 Å². The summed E-state index contributed by atoms with van der Waals surface area (Å²) in [4.78, 5) is 11.8. The van der Waals surface area contributed by atoms with Crippen LogP contribution in [0.25, 0.3) is 0 Å². The summed E-state index contributed by atoms with van der Waals surface area (Å²) in [5.41, 5.74) is 0. The number of nitrogens with one attached hydrogen (secondary N) is 1. The molecule has 0 aromatic rings. The van der Waals surface area contributed by atoms with Gasteiger partial charge in [-0.25, -0.2) is 0 Å². The monoisotopic (exact) mass is 515 g/mol. The van der Waals surface area contributed by atoms with Gasteiger partial charge in [-0.05, 0) is 6.42 Å². The molecule has 0 aromatic carbocycles. The normalized spacial score (nSPS) is 26.4. The Bertz CT molecular complexity index is 537. The second-order valence-electron chi connectivity index (χ2n) is 7.67. The maximum absolute atomic E-state index is 11.8. The Labute approximate surface area is 205 Å². The van der Waals surface area contributed by atoms with Crippen LogP contribution in [0.4, 0.5) is 0 Å². The number of hydrogen-bond donors (Lipinski definition) is 6. The van der Waals surface area contributed by atoms with Gasteiger partial charge in [0.15, 0.2) is 12.6 Å². The smallest absolute Gasteiger partial charge is 0.246 e. The molecule has 1 aliphatic rings. The number of aliphatic hydroxyl groups excluding tert-OH is 5. The first kappa shape index (κ1) is 32.0. The molecule has 14 heteroatoms. The summed E-state index contributed by atoms with van der Waals surface area (Å²) in [6, 6.07) is 0. The molecule has 0 radical (unpaired) electrons. The fourth-order valence-corrected chi connectivity index (χ4v) is 2.96. The largest absolute Gasteiger partial charge is 0.394 e. The molecule has 7 unspecified atom stereocenters. The zero-order valence-electron chi connectivity index (χ0n) is 20.3. The summed E-state index contributed by atoms with van der Waals surface area (Å²) < 4.78 is 37.0. The third-order valence-corrected chi connectivity index (χ3v) is 5.05. The van der Waals surface area contributed by atoms with E-state index in [9.17, 15) is 20.1 Å². The van der Waals surface area contributed by atoms with Gasteiger partial charge in [0, 0.05) is 13.7 Å². The van der Waals surface area contributed by atoms with Crippen molar-refractivity contribution in [2.75, 3.05) is 73.1 Å². The third kappa shape index (κ3) is 12.7. The van der Waals surface area contributed by atoms with Crippen LogP contribution >= 0.6 is 0 Å². The molecule has 1 fully saturated rings. The van der Waals surface area contributed by atoms with E-state index < -0.39 is 43.6 Å². The van der Waals surface area contributed by atoms with E-state index in [2.05, 4.69) is 5.32 Å². The highest BCUT2D eigenvalue weighted by Crippen LogP contribution is 2.21. The number of rotatable bonds is 20. The van der Waals surface area contributed by atoms with Gasteiger partial charge in [-0.3, -0.25) is 4.79 Å². The van der Waals surface area contributed by atoms with E-state index >= 15 is 0 Å². The predicted molar refractivity (Wildman–Crippen MR) is 118 cm³/mol. The third-order valence-electron chi connectivity index (χ3n) is 5.05. The molecule has 1 saturated heterocycles. The van der Waals surface area contributed by atoms with E-state index in [1.54, 1.807) is 0 Å². The molecule has 1 heterocycles. The lowest BCUT2D eigenvalue weighted by atomic mass is 9.99. The highest BCUT2D eigenvalue weighted by molar-refractivity contribution is 5.77. The topological polar surface area (TPSA) is 195 Å². The fourth-order valence-electron chi connectivity index (χ4n) is 2.96. The lowest BCUT2D eigenvalue weighted by molar-refractivity contribution is -0.302. The number of ether oxygens (including phenoxy) is 7. The maximum Gasteiger partial charge on any atom is 0.246 e. The fraction of sp³-hybridized carbons (Fsp3) is 0.952. The van der Waals surface area contributed by atoms with Crippen molar-refractivity contribution in [3.05, 3.63) is 0 Å². The molecule has 208 valence electrons. The van der Waals surface area contributed by atoms with Gasteiger partial charge in [0.05, 0.1) is 59.0 Å². The Balaban J connectivity index is 1.99. The molecule has 1 amide bonds. The van der Waals surface area contributed by atoms with Crippen molar-refractivity contribution in [1.82, 2.24) is 5.32 Å². The summed E-state index contributed by atoms with van der Waals surface area (Å²) in [7, 11) is 1.45. The number of hydrogen-bond acceptors (Lipinski definition) is 13. The van der Waals surface area contributed by atoms with Crippen molar-refractivity contribution < 1.29 is 63.5 Å². The van der Waals surface area contributed by atoms with E-state index in [4.69, 9.17) is 43.4 Å². The van der Waals surface area contributed by atoms with Gasteiger partial charge >= 0.3 is 0 Å². The molecule has 1 aliphatic heterocycles. The molecule has 0 aromatic heterocycles. The molecular formula is C21H41NO13. The van der Waals surface area contributed by atoms with E-state index in [0.717, 1.165) is 0 Å². The summed E-state index contributed by atoms with van der Waals surface area (Å²) in [6.07, 6.45) is -7.01. The van der Waals surface area contributed by atoms with Crippen LogP contribution in [0, 0.1) is 0 Å². The number of methoxy groups -OCH3 is 1. The van der Waals surface area contributed by atoms with Gasteiger partial charge in [-0.1, -0.05) is 6.92 Å². The van der Waals surface area contributed by atoms with Crippen molar-refractivity contribution in [1.29, 1.82) is 0 Å². The lowest BCUT2D eigenvalue weighted by Gasteiger charge is -2.39. The van der Waals surface area contributed by atoms with Gasteiger partial charge in [0.2, 0.25) is 5.91 Å². The Morgan fingerprint density at radius 2 is 1.66 bits per heavy atom. The van der Waals surface area contributed by atoms with Crippen LogP contribution in [0.2, 0.25) is 0 Å². The molecule has 0 saturated carbocycles. The SMILES string of the molecule is CCC(CO)OC(COCC(=O)NCCOCCOCCOC1OC(CO)C(O)C(O)C1O)OC. The Morgan fingerprint density at radius 3 is 2.29 bits per heavy atom. The first-order chi connectivity index (χ1) is 16.9. The molecular weight excluding hydrogens is 474 g/mol. The number of amides is 1. The molecule has 0 aliphatic carbocycles. The van der Waals surface area contributed by atoms with Crippen LogP contribution in [0.5, 0.6) is 0 Å². The minimum Gasteiger partial charge on any atom is -0.394 e. The summed E-state index contributed by atoms with van der Waals surface area (Å²) >= 11 is 0. The van der Waals surface area contributed by atoms with E-state index in [-0.39, 0.29) is 71.4 Å². The van der Waals surface area contributed by atoms with Crippen LogP contribution in [0.1, 0.15) is 13.3 Å².